The molecule has 28 heavy (non-hydrogen) atoms. The molecule has 7 heteroatoms. The van der Waals surface area contributed by atoms with E-state index in [4.69, 9.17) is 0 Å². The molecule has 1 aliphatic rings. The monoisotopic (exact) mass is 409 g/mol. The molecule has 2 amide bonds. The third kappa shape index (κ3) is 4.79. The molecular weight excluding hydrogens is 390 g/mol. The van der Waals surface area contributed by atoms with Gasteiger partial charge in [-0.05, 0) is 62.2 Å². The molecule has 0 bridgehead atoms. The van der Waals surface area contributed by atoms with Gasteiger partial charge in [0.2, 0.25) is 5.91 Å². The van der Waals surface area contributed by atoms with Gasteiger partial charge < -0.3 is 10.6 Å². The maximum atomic E-state index is 12.5. The van der Waals surface area contributed by atoms with Gasteiger partial charge in [0, 0.05) is 38.8 Å². The van der Waals surface area contributed by atoms with Crippen LogP contribution in [-0.4, -0.2) is 16.8 Å². The summed E-state index contributed by atoms with van der Waals surface area (Å²) in [6.45, 7) is 1.98. The average Bonchev–Trinajstić information content (AvgIpc) is 3.46. The highest BCUT2D eigenvalue weighted by Gasteiger charge is 2.29. The van der Waals surface area contributed by atoms with Crippen LogP contribution in [0.3, 0.4) is 0 Å². The van der Waals surface area contributed by atoms with E-state index in [0.29, 0.717) is 11.3 Å². The molecule has 0 atom stereocenters. The van der Waals surface area contributed by atoms with Crippen molar-refractivity contribution in [1.29, 1.82) is 0 Å². The van der Waals surface area contributed by atoms with Crippen molar-refractivity contribution in [3.8, 4) is 0 Å². The summed E-state index contributed by atoms with van der Waals surface area (Å²) >= 11 is 3.22. The smallest absolute Gasteiger partial charge is 0.255 e. The number of hydrogen-bond acceptors (Lipinski definition) is 5. The Bertz CT molecular complexity index is 1010. The Morgan fingerprint density at radius 1 is 1.07 bits per heavy atom. The summed E-state index contributed by atoms with van der Waals surface area (Å²) in [5.41, 5.74) is 2.89. The molecule has 0 spiro atoms. The van der Waals surface area contributed by atoms with Crippen LogP contribution in [0.5, 0.6) is 0 Å². The van der Waals surface area contributed by atoms with E-state index in [9.17, 15) is 9.59 Å². The zero-order chi connectivity index (χ0) is 19.5. The first kappa shape index (κ1) is 18.7. The zero-order valence-electron chi connectivity index (χ0n) is 15.3. The third-order valence-electron chi connectivity index (χ3n) is 4.26. The highest BCUT2D eigenvalue weighted by atomic mass is 32.2. The summed E-state index contributed by atoms with van der Waals surface area (Å²) in [7, 11) is 0. The summed E-state index contributed by atoms with van der Waals surface area (Å²) in [5, 5.41) is 7.79. The molecule has 1 aliphatic carbocycles. The summed E-state index contributed by atoms with van der Waals surface area (Å²) in [4.78, 5) is 29.9. The Morgan fingerprint density at radius 2 is 1.86 bits per heavy atom. The molecule has 1 heterocycles. The molecule has 2 N–H and O–H groups in total. The molecule has 1 aromatic heterocycles. The van der Waals surface area contributed by atoms with Gasteiger partial charge in [-0.3, -0.25) is 9.59 Å². The Kier molecular flexibility index (Phi) is 5.45. The van der Waals surface area contributed by atoms with Crippen LogP contribution >= 0.6 is 23.1 Å². The minimum absolute atomic E-state index is 0.0288. The number of rotatable bonds is 6. The highest BCUT2D eigenvalue weighted by Crippen LogP contribution is 2.31. The molecule has 1 saturated carbocycles. The fourth-order valence-corrected chi connectivity index (χ4v) is 4.43. The molecule has 0 unspecified atom stereocenters. The fraction of sp³-hybridized carbons (Fsp3) is 0.190. The second kappa shape index (κ2) is 8.16. The standard InChI is InChI=1S/C21H19N3O2S2/c1-13-12-27-21(22-13)28-18-9-7-16(8-10-18)23-20(26)15-3-2-4-17(11-15)24-19(25)14-5-6-14/h2-4,7-12,14H,5-6H2,1H3,(H,23,26)(H,24,25). The van der Waals surface area contributed by atoms with Gasteiger partial charge in [0.05, 0.1) is 0 Å². The van der Waals surface area contributed by atoms with Gasteiger partial charge in [0.1, 0.15) is 0 Å². The molecule has 3 aromatic rings. The first-order chi connectivity index (χ1) is 13.6. The van der Waals surface area contributed by atoms with Gasteiger partial charge in [-0.1, -0.05) is 17.8 Å². The van der Waals surface area contributed by atoms with Crippen LogP contribution in [0.15, 0.2) is 63.1 Å². The molecule has 0 aliphatic heterocycles. The SMILES string of the molecule is Cc1csc(Sc2ccc(NC(=O)c3cccc(NC(=O)C4CC4)c3)cc2)n1. The van der Waals surface area contributed by atoms with E-state index in [1.807, 2.05) is 36.6 Å². The van der Waals surface area contributed by atoms with Gasteiger partial charge in [-0.2, -0.15) is 0 Å². The summed E-state index contributed by atoms with van der Waals surface area (Å²) < 4.78 is 0.999. The number of anilines is 2. The van der Waals surface area contributed by atoms with Crippen LogP contribution in [0.25, 0.3) is 0 Å². The number of thiazole rings is 1. The van der Waals surface area contributed by atoms with Crippen molar-refractivity contribution in [3.63, 3.8) is 0 Å². The average molecular weight is 410 g/mol. The topological polar surface area (TPSA) is 71.1 Å². The number of benzene rings is 2. The van der Waals surface area contributed by atoms with Crippen LogP contribution in [0.4, 0.5) is 11.4 Å². The number of nitrogens with zero attached hydrogens (tertiary/aromatic N) is 1. The molecule has 1 fully saturated rings. The summed E-state index contributed by atoms with van der Waals surface area (Å²) in [5.74, 6) is -0.0540. The van der Waals surface area contributed by atoms with Crippen molar-refractivity contribution < 1.29 is 9.59 Å². The minimum atomic E-state index is -0.210. The molecular formula is C21H19N3O2S2. The van der Waals surface area contributed by atoms with Crippen molar-refractivity contribution in [2.75, 3.05) is 10.6 Å². The lowest BCUT2D eigenvalue weighted by atomic mass is 10.1. The van der Waals surface area contributed by atoms with E-state index in [1.54, 1.807) is 47.4 Å². The molecule has 142 valence electrons. The number of carbonyl (C=O) groups excluding carboxylic acids is 2. The van der Waals surface area contributed by atoms with Crippen LogP contribution in [0.1, 0.15) is 28.9 Å². The summed E-state index contributed by atoms with van der Waals surface area (Å²) in [6, 6.07) is 14.7. The number of aromatic nitrogens is 1. The van der Waals surface area contributed by atoms with Crippen molar-refractivity contribution >= 4 is 46.3 Å². The molecule has 5 nitrogen and oxygen atoms in total. The molecule has 0 radical (unpaired) electrons. The Balaban J connectivity index is 1.38. The molecule has 2 aromatic carbocycles. The minimum Gasteiger partial charge on any atom is -0.326 e. The Morgan fingerprint density at radius 3 is 2.54 bits per heavy atom. The van der Waals surface area contributed by atoms with E-state index in [1.165, 1.54) is 0 Å². The first-order valence-electron chi connectivity index (χ1n) is 8.99. The van der Waals surface area contributed by atoms with Crippen molar-refractivity contribution in [3.05, 3.63) is 65.2 Å². The van der Waals surface area contributed by atoms with Crippen molar-refractivity contribution in [1.82, 2.24) is 4.98 Å². The van der Waals surface area contributed by atoms with Crippen molar-refractivity contribution in [2.45, 2.75) is 29.0 Å². The number of carbonyl (C=O) groups is 2. The predicted octanol–water partition coefficient (Wildman–Crippen LogP) is 5.20. The highest BCUT2D eigenvalue weighted by molar-refractivity contribution is 8.01. The Hall–Kier alpha value is -2.64. The van der Waals surface area contributed by atoms with E-state index < -0.39 is 0 Å². The van der Waals surface area contributed by atoms with E-state index in [0.717, 1.165) is 33.5 Å². The van der Waals surface area contributed by atoms with Crippen LogP contribution < -0.4 is 10.6 Å². The lowest BCUT2D eigenvalue weighted by Gasteiger charge is -2.09. The first-order valence-corrected chi connectivity index (χ1v) is 10.7. The van der Waals surface area contributed by atoms with Gasteiger partial charge in [0.15, 0.2) is 4.34 Å². The molecule has 4 rings (SSSR count). The third-order valence-corrected chi connectivity index (χ3v) is 6.32. The Labute approximate surface area is 171 Å². The van der Waals surface area contributed by atoms with Crippen LogP contribution in [-0.2, 0) is 4.79 Å². The second-order valence-electron chi connectivity index (χ2n) is 6.68. The van der Waals surface area contributed by atoms with Gasteiger partial charge in [0.25, 0.3) is 5.91 Å². The predicted molar refractivity (Wildman–Crippen MR) is 113 cm³/mol. The normalized spacial score (nSPS) is 13.2. The number of nitrogens with one attached hydrogen (secondary N) is 2. The lowest BCUT2D eigenvalue weighted by Crippen LogP contribution is -2.15. The lowest BCUT2D eigenvalue weighted by molar-refractivity contribution is -0.117. The van der Waals surface area contributed by atoms with Gasteiger partial charge in [-0.25, -0.2) is 4.98 Å². The van der Waals surface area contributed by atoms with E-state index in [2.05, 4.69) is 15.6 Å². The maximum absolute atomic E-state index is 12.5. The number of hydrogen-bond donors (Lipinski definition) is 2. The van der Waals surface area contributed by atoms with Crippen LogP contribution in [0, 0.1) is 12.8 Å². The summed E-state index contributed by atoms with van der Waals surface area (Å²) in [6.07, 6.45) is 1.89. The zero-order valence-corrected chi connectivity index (χ0v) is 16.9. The van der Waals surface area contributed by atoms with E-state index >= 15 is 0 Å². The van der Waals surface area contributed by atoms with Crippen molar-refractivity contribution in [2.24, 2.45) is 5.92 Å². The quantitative estimate of drug-likeness (QED) is 0.587. The van der Waals surface area contributed by atoms with Gasteiger partial charge >= 0.3 is 0 Å². The fourth-order valence-electron chi connectivity index (χ4n) is 2.62. The maximum Gasteiger partial charge on any atom is 0.255 e. The van der Waals surface area contributed by atoms with Crippen LogP contribution in [0.2, 0.25) is 0 Å². The largest absolute Gasteiger partial charge is 0.326 e. The molecule has 0 saturated heterocycles. The van der Waals surface area contributed by atoms with Gasteiger partial charge in [-0.15, -0.1) is 11.3 Å². The number of aryl methyl sites for hydroxylation is 1. The van der Waals surface area contributed by atoms with E-state index in [-0.39, 0.29) is 17.7 Å². The second-order valence-corrected chi connectivity index (χ2v) is 8.86. The number of amides is 2.